The minimum absolute atomic E-state index is 0.0866. The van der Waals surface area contributed by atoms with Crippen molar-refractivity contribution in [2.24, 2.45) is 0 Å². The van der Waals surface area contributed by atoms with Crippen LogP contribution in [0, 0.1) is 13.8 Å². The van der Waals surface area contributed by atoms with Crippen LogP contribution in [-0.4, -0.2) is 39.4 Å². The van der Waals surface area contributed by atoms with E-state index in [0.29, 0.717) is 24.6 Å². The Bertz CT molecular complexity index is 865. The number of aryl methyl sites for hydroxylation is 2. The summed E-state index contributed by atoms with van der Waals surface area (Å²) in [4.78, 5) is 32.1. The molecule has 2 amide bonds. The Kier molecular flexibility index (Phi) is 5.63. The van der Waals surface area contributed by atoms with Crippen LogP contribution in [0.1, 0.15) is 64.6 Å². The number of aromatic nitrogens is 2. The summed E-state index contributed by atoms with van der Waals surface area (Å²) in [5.41, 5.74) is 4.19. The van der Waals surface area contributed by atoms with Crippen LogP contribution in [0.5, 0.6) is 0 Å². The first-order valence-corrected chi connectivity index (χ1v) is 9.73. The van der Waals surface area contributed by atoms with Gasteiger partial charge in [0.15, 0.2) is 5.82 Å². The number of carbonyl (C=O) groups excluding carboxylic acids is 2. The van der Waals surface area contributed by atoms with Gasteiger partial charge in [0.1, 0.15) is 5.69 Å². The molecule has 0 saturated carbocycles. The lowest BCUT2D eigenvalue weighted by Crippen LogP contribution is -2.31. The summed E-state index contributed by atoms with van der Waals surface area (Å²) >= 11 is 0. The quantitative estimate of drug-likeness (QED) is 0.877. The van der Waals surface area contributed by atoms with E-state index in [2.05, 4.69) is 10.3 Å². The van der Waals surface area contributed by atoms with E-state index in [1.165, 1.54) is 0 Å². The molecule has 0 saturated heterocycles. The number of carbonyl (C=O) groups is 2. The third kappa shape index (κ3) is 3.75. The van der Waals surface area contributed by atoms with Gasteiger partial charge in [-0.25, -0.2) is 4.98 Å². The fraction of sp³-hybridized carbons (Fsp3) is 0.476. The summed E-state index contributed by atoms with van der Waals surface area (Å²) in [6.45, 7) is 9.86. The standard InChI is InChI=1S/C21H28N4O2/c1-5-24(6-2)21(27)18-17-9-7-8-12-25(17)19(23-18)20(26)22-16-13-14(3)10-11-15(16)4/h10-11,13H,5-9,12H2,1-4H3,(H,22,26). The van der Waals surface area contributed by atoms with Crippen molar-refractivity contribution in [2.45, 2.75) is 53.5 Å². The number of anilines is 1. The molecule has 2 heterocycles. The van der Waals surface area contributed by atoms with Gasteiger partial charge in [0.2, 0.25) is 0 Å². The van der Waals surface area contributed by atoms with Crippen molar-refractivity contribution in [1.82, 2.24) is 14.5 Å². The molecule has 6 heteroatoms. The van der Waals surface area contributed by atoms with Crippen molar-refractivity contribution < 1.29 is 9.59 Å². The summed E-state index contributed by atoms with van der Waals surface area (Å²) in [7, 11) is 0. The van der Waals surface area contributed by atoms with Crippen molar-refractivity contribution in [3.05, 3.63) is 46.5 Å². The van der Waals surface area contributed by atoms with Crippen LogP contribution in [0.15, 0.2) is 18.2 Å². The highest BCUT2D eigenvalue weighted by Crippen LogP contribution is 2.24. The maximum atomic E-state index is 13.0. The average molecular weight is 368 g/mol. The smallest absolute Gasteiger partial charge is 0.291 e. The first-order chi connectivity index (χ1) is 13.0. The summed E-state index contributed by atoms with van der Waals surface area (Å²) in [5.74, 6) is -0.0111. The van der Waals surface area contributed by atoms with Crippen molar-refractivity contribution >= 4 is 17.5 Å². The fourth-order valence-electron chi connectivity index (χ4n) is 3.60. The van der Waals surface area contributed by atoms with E-state index in [4.69, 9.17) is 0 Å². The number of nitrogens with zero attached hydrogens (tertiary/aromatic N) is 3. The van der Waals surface area contributed by atoms with Gasteiger partial charge in [-0.3, -0.25) is 9.59 Å². The van der Waals surface area contributed by atoms with Crippen LogP contribution < -0.4 is 5.32 Å². The van der Waals surface area contributed by atoms with Gasteiger partial charge in [-0.05, 0) is 64.2 Å². The molecule has 3 rings (SSSR count). The van der Waals surface area contributed by atoms with Crippen LogP contribution in [-0.2, 0) is 13.0 Å². The SMILES string of the molecule is CCN(CC)C(=O)c1nc(C(=O)Nc2cc(C)ccc2C)n2c1CCCC2. The molecule has 2 aromatic rings. The summed E-state index contributed by atoms with van der Waals surface area (Å²) in [6.07, 6.45) is 2.79. The highest BCUT2D eigenvalue weighted by molar-refractivity contribution is 6.04. The molecule has 1 aromatic heterocycles. The second-order valence-corrected chi connectivity index (χ2v) is 7.09. The van der Waals surface area contributed by atoms with Crippen LogP contribution in [0.3, 0.4) is 0 Å². The predicted octanol–water partition coefficient (Wildman–Crippen LogP) is 3.57. The zero-order valence-electron chi connectivity index (χ0n) is 16.6. The number of hydrogen-bond acceptors (Lipinski definition) is 3. The fourth-order valence-corrected chi connectivity index (χ4v) is 3.60. The Labute approximate surface area is 160 Å². The molecule has 1 aromatic carbocycles. The lowest BCUT2D eigenvalue weighted by Gasteiger charge is -2.20. The predicted molar refractivity (Wildman–Crippen MR) is 106 cm³/mol. The zero-order chi connectivity index (χ0) is 19.6. The number of fused-ring (bicyclic) bond motifs is 1. The molecule has 27 heavy (non-hydrogen) atoms. The van der Waals surface area contributed by atoms with Gasteiger partial charge in [-0.15, -0.1) is 0 Å². The molecule has 1 aliphatic heterocycles. The molecular formula is C21H28N4O2. The van der Waals surface area contributed by atoms with E-state index >= 15 is 0 Å². The van der Waals surface area contributed by atoms with Crippen LogP contribution in [0.2, 0.25) is 0 Å². The van der Waals surface area contributed by atoms with Crippen LogP contribution in [0.25, 0.3) is 0 Å². The summed E-state index contributed by atoms with van der Waals surface area (Å²) in [6, 6.07) is 5.96. The van der Waals surface area contributed by atoms with Gasteiger partial charge >= 0.3 is 0 Å². The Morgan fingerprint density at radius 3 is 2.63 bits per heavy atom. The van der Waals surface area contributed by atoms with Gasteiger partial charge in [0.25, 0.3) is 11.8 Å². The van der Waals surface area contributed by atoms with Gasteiger partial charge in [0.05, 0.1) is 5.69 Å². The molecule has 0 aliphatic carbocycles. The minimum atomic E-state index is -0.259. The van der Waals surface area contributed by atoms with E-state index in [1.54, 1.807) is 4.90 Å². The van der Waals surface area contributed by atoms with Crippen LogP contribution >= 0.6 is 0 Å². The number of hydrogen-bond donors (Lipinski definition) is 1. The van der Waals surface area contributed by atoms with Gasteiger partial charge < -0.3 is 14.8 Å². The van der Waals surface area contributed by atoms with E-state index in [9.17, 15) is 9.59 Å². The molecule has 6 nitrogen and oxygen atoms in total. The number of amides is 2. The third-order valence-electron chi connectivity index (χ3n) is 5.22. The second-order valence-electron chi connectivity index (χ2n) is 7.09. The zero-order valence-corrected chi connectivity index (χ0v) is 16.6. The number of benzene rings is 1. The second kappa shape index (κ2) is 7.94. The summed E-state index contributed by atoms with van der Waals surface area (Å²) in [5, 5.41) is 2.98. The molecule has 1 aliphatic rings. The van der Waals surface area contributed by atoms with Crippen LogP contribution in [0.4, 0.5) is 5.69 Å². The minimum Gasteiger partial charge on any atom is -0.338 e. The maximum absolute atomic E-state index is 13.0. The maximum Gasteiger partial charge on any atom is 0.291 e. The largest absolute Gasteiger partial charge is 0.338 e. The third-order valence-corrected chi connectivity index (χ3v) is 5.22. The normalized spacial score (nSPS) is 13.2. The first kappa shape index (κ1) is 19.1. The molecule has 0 atom stereocenters. The van der Waals surface area contributed by atoms with E-state index in [0.717, 1.165) is 48.3 Å². The molecule has 144 valence electrons. The van der Waals surface area contributed by atoms with Crippen molar-refractivity contribution in [2.75, 3.05) is 18.4 Å². The Morgan fingerprint density at radius 1 is 1.19 bits per heavy atom. The van der Waals surface area contributed by atoms with E-state index in [1.807, 2.05) is 50.5 Å². The molecule has 0 bridgehead atoms. The number of rotatable bonds is 5. The lowest BCUT2D eigenvalue weighted by atomic mass is 10.1. The van der Waals surface area contributed by atoms with E-state index in [-0.39, 0.29) is 11.8 Å². The van der Waals surface area contributed by atoms with Gasteiger partial charge in [-0.1, -0.05) is 12.1 Å². The van der Waals surface area contributed by atoms with Crippen molar-refractivity contribution in [3.8, 4) is 0 Å². The summed E-state index contributed by atoms with van der Waals surface area (Å²) < 4.78 is 1.93. The van der Waals surface area contributed by atoms with Crippen molar-refractivity contribution in [1.29, 1.82) is 0 Å². The molecule has 0 unspecified atom stereocenters. The molecular weight excluding hydrogens is 340 g/mol. The van der Waals surface area contributed by atoms with Gasteiger partial charge in [-0.2, -0.15) is 0 Å². The highest BCUT2D eigenvalue weighted by atomic mass is 16.2. The van der Waals surface area contributed by atoms with Gasteiger partial charge in [0, 0.05) is 25.3 Å². The number of imidazole rings is 1. The number of nitrogens with one attached hydrogen (secondary N) is 1. The molecule has 0 spiro atoms. The average Bonchev–Trinajstić information content (AvgIpc) is 3.05. The lowest BCUT2D eigenvalue weighted by molar-refractivity contribution is 0.0766. The van der Waals surface area contributed by atoms with Crippen molar-refractivity contribution in [3.63, 3.8) is 0 Å². The topological polar surface area (TPSA) is 67.2 Å². The molecule has 0 fully saturated rings. The monoisotopic (exact) mass is 368 g/mol. The highest BCUT2D eigenvalue weighted by Gasteiger charge is 2.29. The molecule has 1 N–H and O–H groups in total. The Morgan fingerprint density at radius 2 is 1.93 bits per heavy atom. The first-order valence-electron chi connectivity index (χ1n) is 9.73. The van der Waals surface area contributed by atoms with E-state index < -0.39 is 0 Å². The molecule has 0 radical (unpaired) electrons. The Balaban J connectivity index is 1.97. The Hall–Kier alpha value is -2.63.